The van der Waals surface area contributed by atoms with E-state index in [0.717, 1.165) is 11.4 Å². The molecule has 4 rings (SSSR count). The fourth-order valence-electron chi connectivity index (χ4n) is 4.60. The molecule has 0 atom stereocenters. The Kier molecular flexibility index (Phi) is 5.36. The van der Waals surface area contributed by atoms with E-state index in [4.69, 9.17) is 4.74 Å². The lowest BCUT2D eigenvalue weighted by atomic mass is 9.80. The number of hydrogen-bond donors (Lipinski definition) is 0. The number of methoxy groups -OCH3 is 1. The average Bonchev–Trinajstić information content (AvgIpc) is 3.06. The Morgan fingerprint density at radius 1 is 0.867 bits per heavy atom. The number of ether oxygens (including phenoxy) is 1. The van der Waals surface area contributed by atoms with E-state index in [9.17, 15) is 0 Å². The fourth-order valence-corrected chi connectivity index (χ4v) is 4.60. The molecule has 156 valence electrons. The summed E-state index contributed by atoms with van der Waals surface area (Å²) in [7, 11) is 1.71. The summed E-state index contributed by atoms with van der Waals surface area (Å²) >= 11 is 0. The molecule has 0 spiro atoms. The summed E-state index contributed by atoms with van der Waals surface area (Å²) in [6.45, 7) is 11.5. The minimum absolute atomic E-state index is 0.174. The first kappa shape index (κ1) is 20.5. The minimum atomic E-state index is 0.174. The maximum absolute atomic E-state index is 5.37. The third-order valence-corrected chi connectivity index (χ3v) is 6.44. The van der Waals surface area contributed by atoms with E-state index in [0.29, 0.717) is 5.92 Å². The van der Waals surface area contributed by atoms with Crippen LogP contribution < -0.4 is 4.74 Å². The predicted octanol–water partition coefficient (Wildman–Crippen LogP) is 7.99. The molecule has 30 heavy (non-hydrogen) atoms. The Bertz CT molecular complexity index is 1180. The van der Waals surface area contributed by atoms with Gasteiger partial charge >= 0.3 is 0 Å². The Morgan fingerprint density at radius 3 is 2.10 bits per heavy atom. The maximum atomic E-state index is 5.37. The average molecular weight is 400 g/mol. The van der Waals surface area contributed by atoms with Gasteiger partial charge in [0, 0.05) is 16.5 Å². The molecular formula is C28H33NO. The summed E-state index contributed by atoms with van der Waals surface area (Å²) < 4.78 is 7.75. The van der Waals surface area contributed by atoms with E-state index >= 15 is 0 Å². The summed E-state index contributed by atoms with van der Waals surface area (Å²) in [4.78, 5) is 0. The molecule has 0 saturated heterocycles. The largest absolute Gasteiger partial charge is 0.497 e. The summed E-state index contributed by atoms with van der Waals surface area (Å²) in [5.74, 6) is 1.39. The SMILES string of the molecule is CCCC(C)(C)c1ccc2c(c1)c1cc(C(C)C)ccc1n2-c1ccc(OC)cc1. The van der Waals surface area contributed by atoms with Crippen molar-refractivity contribution in [1.29, 1.82) is 0 Å². The highest BCUT2D eigenvalue weighted by Gasteiger charge is 2.22. The molecular weight excluding hydrogens is 366 g/mol. The summed E-state index contributed by atoms with van der Waals surface area (Å²) in [6, 6.07) is 22.4. The normalized spacial score (nSPS) is 12.2. The molecule has 0 aliphatic carbocycles. The Morgan fingerprint density at radius 2 is 1.50 bits per heavy atom. The quantitative estimate of drug-likeness (QED) is 0.320. The van der Waals surface area contributed by atoms with Crippen LogP contribution in [0, 0.1) is 0 Å². The molecule has 2 nitrogen and oxygen atoms in total. The van der Waals surface area contributed by atoms with Gasteiger partial charge in [0.1, 0.15) is 5.75 Å². The third kappa shape index (κ3) is 3.49. The lowest BCUT2D eigenvalue weighted by molar-refractivity contribution is 0.415. The van der Waals surface area contributed by atoms with Gasteiger partial charge in [-0.3, -0.25) is 0 Å². The zero-order chi connectivity index (χ0) is 21.5. The second kappa shape index (κ2) is 7.83. The highest BCUT2D eigenvalue weighted by atomic mass is 16.5. The number of nitrogens with zero attached hydrogens (tertiary/aromatic N) is 1. The first-order valence-electron chi connectivity index (χ1n) is 11.1. The van der Waals surface area contributed by atoms with Gasteiger partial charge in [-0.25, -0.2) is 0 Å². The summed E-state index contributed by atoms with van der Waals surface area (Å²) in [6.07, 6.45) is 2.38. The first-order chi connectivity index (χ1) is 14.4. The van der Waals surface area contributed by atoms with Gasteiger partial charge in [-0.15, -0.1) is 0 Å². The first-order valence-corrected chi connectivity index (χ1v) is 11.1. The highest BCUT2D eigenvalue weighted by molar-refractivity contribution is 6.09. The zero-order valence-corrected chi connectivity index (χ0v) is 19.1. The van der Waals surface area contributed by atoms with Crippen LogP contribution in [0.25, 0.3) is 27.5 Å². The molecule has 3 aromatic carbocycles. The molecule has 0 aliphatic heterocycles. The van der Waals surface area contributed by atoms with Crippen LogP contribution in [-0.2, 0) is 5.41 Å². The molecule has 0 bridgehead atoms. The number of hydrogen-bond acceptors (Lipinski definition) is 1. The van der Waals surface area contributed by atoms with Crippen LogP contribution in [0.15, 0.2) is 60.7 Å². The molecule has 0 fully saturated rings. The van der Waals surface area contributed by atoms with Gasteiger partial charge in [0.05, 0.1) is 18.1 Å². The molecule has 0 unspecified atom stereocenters. The molecule has 0 radical (unpaired) electrons. The molecule has 0 amide bonds. The van der Waals surface area contributed by atoms with Crippen LogP contribution in [-0.4, -0.2) is 11.7 Å². The highest BCUT2D eigenvalue weighted by Crippen LogP contribution is 2.38. The standard InChI is InChI=1S/C28H33NO/c1-7-16-28(4,5)21-9-15-27-25(18-21)24-17-20(19(2)3)8-14-26(24)29(27)22-10-12-23(30-6)13-11-22/h8-15,17-19H,7,16H2,1-6H3. The van der Waals surface area contributed by atoms with Crippen LogP contribution >= 0.6 is 0 Å². The van der Waals surface area contributed by atoms with E-state index in [1.807, 2.05) is 12.1 Å². The van der Waals surface area contributed by atoms with Gasteiger partial charge in [0.15, 0.2) is 0 Å². The number of fused-ring (bicyclic) bond motifs is 3. The molecule has 0 saturated carbocycles. The van der Waals surface area contributed by atoms with Gasteiger partial charge in [-0.1, -0.05) is 53.2 Å². The van der Waals surface area contributed by atoms with Crippen molar-refractivity contribution in [2.75, 3.05) is 7.11 Å². The summed E-state index contributed by atoms with van der Waals surface area (Å²) in [5.41, 5.74) is 6.65. The third-order valence-electron chi connectivity index (χ3n) is 6.44. The minimum Gasteiger partial charge on any atom is -0.497 e. The fraction of sp³-hybridized carbons (Fsp3) is 0.357. The summed E-state index contributed by atoms with van der Waals surface area (Å²) in [5, 5.41) is 2.67. The van der Waals surface area contributed by atoms with Crippen molar-refractivity contribution in [3.8, 4) is 11.4 Å². The second-order valence-corrected chi connectivity index (χ2v) is 9.33. The van der Waals surface area contributed by atoms with Crippen LogP contribution in [0.2, 0.25) is 0 Å². The van der Waals surface area contributed by atoms with E-state index in [1.54, 1.807) is 7.11 Å². The van der Waals surface area contributed by atoms with Crippen molar-refractivity contribution in [3.05, 3.63) is 71.8 Å². The maximum Gasteiger partial charge on any atom is 0.119 e. The molecule has 1 aromatic heterocycles. The topological polar surface area (TPSA) is 14.2 Å². The van der Waals surface area contributed by atoms with Crippen molar-refractivity contribution in [3.63, 3.8) is 0 Å². The molecule has 4 aromatic rings. The number of rotatable bonds is 6. The Hall–Kier alpha value is -2.74. The molecule has 2 heteroatoms. The smallest absolute Gasteiger partial charge is 0.119 e. The van der Waals surface area contributed by atoms with Crippen LogP contribution in [0.4, 0.5) is 0 Å². The molecule has 0 aliphatic rings. The lowest BCUT2D eigenvalue weighted by Gasteiger charge is -2.25. The van der Waals surface area contributed by atoms with Crippen molar-refractivity contribution >= 4 is 21.8 Å². The van der Waals surface area contributed by atoms with E-state index in [2.05, 4.69) is 87.7 Å². The van der Waals surface area contributed by atoms with Crippen LogP contribution in [0.3, 0.4) is 0 Å². The van der Waals surface area contributed by atoms with Crippen molar-refractivity contribution in [2.45, 2.75) is 58.8 Å². The lowest BCUT2D eigenvalue weighted by Crippen LogP contribution is -2.16. The van der Waals surface area contributed by atoms with Gasteiger partial charge in [0.2, 0.25) is 0 Å². The zero-order valence-electron chi connectivity index (χ0n) is 19.1. The monoisotopic (exact) mass is 399 g/mol. The second-order valence-electron chi connectivity index (χ2n) is 9.33. The van der Waals surface area contributed by atoms with Crippen molar-refractivity contribution in [1.82, 2.24) is 4.57 Å². The molecule has 1 heterocycles. The van der Waals surface area contributed by atoms with Crippen molar-refractivity contribution in [2.24, 2.45) is 0 Å². The predicted molar refractivity (Wildman–Crippen MR) is 129 cm³/mol. The van der Waals surface area contributed by atoms with E-state index in [1.165, 1.54) is 45.8 Å². The number of aromatic nitrogens is 1. The van der Waals surface area contributed by atoms with Gasteiger partial charge in [-0.2, -0.15) is 0 Å². The van der Waals surface area contributed by atoms with Gasteiger partial charge in [0.25, 0.3) is 0 Å². The van der Waals surface area contributed by atoms with E-state index < -0.39 is 0 Å². The van der Waals surface area contributed by atoms with Gasteiger partial charge in [-0.05, 0) is 77.4 Å². The Labute approximate surface area is 180 Å². The van der Waals surface area contributed by atoms with Crippen molar-refractivity contribution < 1.29 is 4.74 Å². The van der Waals surface area contributed by atoms with Crippen LogP contribution in [0.5, 0.6) is 5.75 Å². The Balaban J connectivity index is 2.02. The van der Waals surface area contributed by atoms with E-state index in [-0.39, 0.29) is 5.41 Å². The van der Waals surface area contributed by atoms with Gasteiger partial charge < -0.3 is 9.30 Å². The van der Waals surface area contributed by atoms with Crippen LogP contribution in [0.1, 0.15) is 64.5 Å². The molecule has 0 N–H and O–H groups in total. The number of benzene rings is 3.